The van der Waals surface area contributed by atoms with Crippen molar-refractivity contribution in [1.29, 1.82) is 0 Å². The predicted molar refractivity (Wildman–Crippen MR) is 59.7 cm³/mol. The van der Waals surface area contributed by atoms with Crippen molar-refractivity contribution in [3.8, 4) is 0 Å². The average Bonchev–Trinajstić information content (AvgIpc) is 2.17. The first kappa shape index (κ1) is 12.8. The minimum Gasteiger partial charge on any atom is -0.293 e. The summed E-state index contributed by atoms with van der Waals surface area (Å²) in [4.78, 5) is 11.8. The molecule has 0 saturated carbocycles. The fourth-order valence-electron chi connectivity index (χ4n) is 1.52. The van der Waals surface area contributed by atoms with E-state index in [0.717, 1.165) is 12.3 Å². The Bertz CT molecular complexity index is 494. The van der Waals surface area contributed by atoms with Crippen LogP contribution in [0.2, 0.25) is 0 Å². The van der Waals surface area contributed by atoms with Crippen LogP contribution in [0.15, 0.2) is 24.3 Å². The molecule has 0 spiro atoms. The van der Waals surface area contributed by atoms with Crippen LogP contribution in [0, 0.1) is 5.82 Å². The first-order valence-corrected chi connectivity index (χ1v) is 6.81. The Morgan fingerprint density at radius 1 is 1.38 bits per heavy atom. The zero-order chi connectivity index (χ0) is 12.3. The maximum atomic E-state index is 13.3. The number of carbonyl (C=O) groups is 1. The van der Waals surface area contributed by atoms with Crippen LogP contribution in [0.1, 0.15) is 23.7 Å². The molecule has 0 aliphatic carbocycles. The van der Waals surface area contributed by atoms with Crippen LogP contribution < -0.4 is 0 Å². The van der Waals surface area contributed by atoms with Gasteiger partial charge in [0, 0.05) is 6.26 Å². The van der Waals surface area contributed by atoms with Gasteiger partial charge in [0.05, 0.1) is 5.56 Å². The van der Waals surface area contributed by atoms with Gasteiger partial charge in [0.25, 0.3) is 0 Å². The molecular weight excluding hydrogens is 231 g/mol. The van der Waals surface area contributed by atoms with Gasteiger partial charge in [-0.3, -0.25) is 4.79 Å². The molecule has 16 heavy (non-hydrogen) atoms. The van der Waals surface area contributed by atoms with E-state index in [1.807, 2.05) is 0 Å². The third kappa shape index (κ3) is 2.66. The SMILES string of the molecule is CC[C@H](C(=O)c1ccccc1F)S(C)(=O)=O. The number of hydrogen-bond acceptors (Lipinski definition) is 3. The van der Waals surface area contributed by atoms with Gasteiger partial charge in [-0.05, 0) is 18.6 Å². The van der Waals surface area contributed by atoms with Crippen LogP contribution in [0.4, 0.5) is 4.39 Å². The van der Waals surface area contributed by atoms with E-state index < -0.39 is 26.7 Å². The van der Waals surface area contributed by atoms with Crippen LogP contribution in [0.3, 0.4) is 0 Å². The largest absolute Gasteiger partial charge is 0.293 e. The molecule has 0 N–H and O–H groups in total. The number of sulfone groups is 1. The highest BCUT2D eigenvalue weighted by Crippen LogP contribution is 2.15. The Labute approximate surface area is 94.2 Å². The zero-order valence-electron chi connectivity index (χ0n) is 9.10. The molecule has 88 valence electrons. The lowest BCUT2D eigenvalue weighted by atomic mass is 10.1. The van der Waals surface area contributed by atoms with E-state index in [1.165, 1.54) is 18.2 Å². The van der Waals surface area contributed by atoms with Crippen molar-refractivity contribution in [2.45, 2.75) is 18.6 Å². The number of benzene rings is 1. The van der Waals surface area contributed by atoms with E-state index in [4.69, 9.17) is 0 Å². The molecule has 0 aliphatic heterocycles. The second-order valence-electron chi connectivity index (χ2n) is 3.57. The van der Waals surface area contributed by atoms with E-state index in [9.17, 15) is 17.6 Å². The smallest absolute Gasteiger partial charge is 0.183 e. The first-order chi connectivity index (χ1) is 7.38. The van der Waals surface area contributed by atoms with Crippen molar-refractivity contribution in [2.75, 3.05) is 6.26 Å². The van der Waals surface area contributed by atoms with E-state index in [2.05, 4.69) is 0 Å². The van der Waals surface area contributed by atoms with Gasteiger partial charge >= 0.3 is 0 Å². The van der Waals surface area contributed by atoms with Gasteiger partial charge in [-0.15, -0.1) is 0 Å². The summed E-state index contributed by atoms with van der Waals surface area (Å²) in [6.45, 7) is 1.59. The molecule has 1 atom stereocenters. The molecule has 0 aromatic heterocycles. The summed E-state index contributed by atoms with van der Waals surface area (Å²) in [6, 6.07) is 5.40. The fourth-order valence-corrected chi connectivity index (χ4v) is 2.64. The van der Waals surface area contributed by atoms with Gasteiger partial charge in [-0.2, -0.15) is 0 Å². The lowest BCUT2D eigenvalue weighted by molar-refractivity contribution is 0.0981. The molecule has 1 aromatic carbocycles. The van der Waals surface area contributed by atoms with Gasteiger partial charge in [0.2, 0.25) is 0 Å². The van der Waals surface area contributed by atoms with Crippen molar-refractivity contribution in [3.63, 3.8) is 0 Å². The number of halogens is 1. The molecule has 1 rings (SSSR count). The number of hydrogen-bond donors (Lipinski definition) is 0. The molecule has 5 heteroatoms. The summed E-state index contributed by atoms with van der Waals surface area (Å²) in [6.07, 6.45) is 1.13. The Kier molecular flexibility index (Phi) is 3.80. The molecule has 0 amide bonds. The Balaban J connectivity index is 3.16. The van der Waals surface area contributed by atoms with Crippen LogP contribution in [0.5, 0.6) is 0 Å². The monoisotopic (exact) mass is 244 g/mol. The molecule has 0 saturated heterocycles. The van der Waals surface area contributed by atoms with Crippen LogP contribution in [0.25, 0.3) is 0 Å². The quantitative estimate of drug-likeness (QED) is 0.759. The normalized spacial score (nSPS) is 13.4. The highest BCUT2D eigenvalue weighted by Gasteiger charge is 2.29. The maximum absolute atomic E-state index is 13.3. The third-order valence-electron chi connectivity index (χ3n) is 2.32. The molecule has 0 aliphatic rings. The topological polar surface area (TPSA) is 51.2 Å². The summed E-state index contributed by atoms with van der Waals surface area (Å²) in [5.74, 6) is -1.36. The number of ketones is 1. The summed E-state index contributed by atoms with van der Waals surface area (Å²) < 4.78 is 36.0. The molecule has 3 nitrogen and oxygen atoms in total. The molecule has 1 aromatic rings. The maximum Gasteiger partial charge on any atom is 0.183 e. The van der Waals surface area contributed by atoms with Gasteiger partial charge in [-0.1, -0.05) is 19.1 Å². The van der Waals surface area contributed by atoms with E-state index in [0.29, 0.717) is 0 Å². The minimum atomic E-state index is -3.50. The van der Waals surface area contributed by atoms with E-state index in [1.54, 1.807) is 6.92 Å². The number of carbonyl (C=O) groups excluding carboxylic acids is 1. The van der Waals surface area contributed by atoms with Crippen molar-refractivity contribution >= 4 is 15.6 Å². The van der Waals surface area contributed by atoms with Crippen molar-refractivity contribution in [1.82, 2.24) is 0 Å². The van der Waals surface area contributed by atoms with E-state index in [-0.39, 0.29) is 12.0 Å². The van der Waals surface area contributed by atoms with E-state index >= 15 is 0 Å². The average molecular weight is 244 g/mol. The van der Waals surface area contributed by atoms with Crippen LogP contribution in [-0.2, 0) is 9.84 Å². The first-order valence-electron chi connectivity index (χ1n) is 4.85. The lowest BCUT2D eigenvalue weighted by Crippen LogP contribution is -2.29. The fraction of sp³-hybridized carbons (Fsp3) is 0.364. The van der Waals surface area contributed by atoms with Crippen LogP contribution >= 0.6 is 0 Å². The Morgan fingerprint density at radius 3 is 2.38 bits per heavy atom. The zero-order valence-corrected chi connectivity index (χ0v) is 9.92. The summed E-state index contributed by atoms with van der Waals surface area (Å²) in [7, 11) is -3.50. The van der Waals surface area contributed by atoms with Crippen molar-refractivity contribution < 1.29 is 17.6 Å². The summed E-state index contributed by atoms with van der Waals surface area (Å²) in [5, 5.41) is -1.16. The van der Waals surface area contributed by atoms with Crippen molar-refractivity contribution in [2.24, 2.45) is 0 Å². The highest BCUT2D eigenvalue weighted by atomic mass is 32.2. The van der Waals surface area contributed by atoms with Gasteiger partial charge in [0.1, 0.15) is 11.1 Å². The molecule has 0 unspecified atom stereocenters. The number of Topliss-reactive ketones (excluding diaryl/α,β-unsaturated/α-hetero) is 1. The van der Waals surface area contributed by atoms with Gasteiger partial charge < -0.3 is 0 Å². The van der Waals surface area contributed by atoms with Gasteiger partial charge in [-0.25, -0.2) is 12.8 Å². The molecular formula is C11H13FO3S. The highest BCUT2D eigenvalue weighted by molar-refractivity contribution is 7.92. The standard InChI is InChI=1S/C11H13FO3S/c1-3-10(16(2,14)15)11(13)8-6-4-5-7-9(8)12/h4-7,10H,3H2,1-2H3/t10-/m1/s1. The Hall–Kier alpha value is -1.23. The Morgan fingerprint density at radius 2 is 1.94 bits per heavy atom. The number of rotatable bonds is 4. The molecule has 0 heterocycles. The second kappa shape index (κ2) is 4.74. The predicted octanol–water partition coefficient (Wildman–Crippen LogP) is 1.83. The summed E-state index contributed by atoms with van der Waals surface area (Å²) in [5.41, 5.74) is -0.167. The lowest BCUT2D eigenvalue weighted by Gasteiger charge is -2.11. The molecule has 0 bridgehead atoms. The third-order valence-corrected chi connectivity index (χ3v) is 3.90. The minimum absolute atomic E-state index is 0.145. The van der Waals surface area contributed by atoms with Crippen molar-refractivity contribution in [3.05, 3.63) is 35.6 Å². The molecule has 0 radical (unpaired) electrons. The summed E-state index contributed by atoms with van der Waals surface area (Å²) >= 11 is 0. The van der Waals surface area contributed by atoms with Gasteiger partial charge in [0.15, 0.2) is 15.6 Å². The second-order valence-corrected chi connectivity index (χ2v) is 5.80. The molecule has 0 fully saturated rings. The van der Waals surface area contributed by atoms with Crippen LogP contribution in [-0.4, -0.2) is 25.7 Å².